The highest BCUT2D eigenvalue weighted by Crippen LogP contribution is 2.30. The predicted molar refractivity (Wildman–Crippen MR) is 74.3 cm³/mol. The van der Waals surface area contributed by atoms with E-state index in [1.165, 1.54) is 17.7 Å². The summed E-state index contributed by atoms with van der Waals surface area (Å²) in [5.74, 6) is 0.608. The van der Waals surface area contributed by atoms with Gasteiger partial charge >= 0.3 is 0 Å². The smallest absolute Gasteiger partial charge is 0.136 e. The van der Waals surface area contributed by atoms with Gasteiger partial charge in [0.05, 0.1) is 4.47 Å². The third-order valence-corrected chi connectivity index (χ3v) is 3.26. The molecule has 0 aliphatic carbocycles. The number of rotatable bonds is 3. The lowest BCUT2D eigenvalue weighted by Crippen LogP contribution is -1.98. The number of aryl methyl sites for hydroxylation is 2. The molecule has 0 saturated carbocycles. The van der Waals surface area contributed by atoms with Crippen molar-refractivity contribution < 1.29 is 9.13 Å². The van der Waals surface area contributed by atoms with Gasteiger partial charge in [0.1, 0.15) is 18.2 Å². The maximum Gasteiger partial charge on any atom is 0.136 e. The molecule has 0 unspecified atom stereocenters. The number of benzene rings is 2. The molecule has 0 aliphatic heterocycles. The van der Waals surface area contributed by atoms with Crippen molar-refractivity contribution in [3.8, 4) is 5.75 Å². The summed E-state index contributed by atoms with van der Waals surface area (Å²) >= 11 is 3.50. The van der Waals surface area contributed by atoms with Crippen LogP contribution in [0, 0.1) is 19.7 Å². The number of halogens is 2. The van der Waals surface area contributed by atoms with E-state index < -0.39 is 0 Å². The second-order valence-corrected chi connectivity index (χ2v) is 5.16. The van der Waals surface area contributed by atoms with Gasteiger partial charge in [-0.1, -0.05) is 18.2 Å². The van der Waals surface area contributed by atoms with Gasteiger partial charge in [-0.05, 0) is 64.7 Å². The Morgan fingerprint density at radius 1 is 1.11 bits per heavy atom. The van der Waals surface area contributed by atoms with Crippen LogP contribution in [-0.4, -0.2) is 0 Å². The third-order valence-electron chi connectivity index (χ3n) is 2.67. The molecule has 0 radical (unpaired) electrons. The third kappa shape index (κ3) is 3.10. The number of ether oxygens (including phenoxy) is 1. The van der Waals surface area contributed by atoms with E-state index in [2.05, 4.69) is 22.0 Å². The van der Waals surface area contributed by atoms with E-state index in [-0.39, 0.29) is 5.82 Å². The van der Waals surface area contributed by atoms with Crippen molar-refractivity contribution in [2.24, 2.45) is 0 Å². The van der Waals surface area contributed by atoms with Crippen LogP contribution in [0.2, 0.25) is 0 Å². The molecule has 2 rings (SSSR count). The Hall–Kier alpha value is -1.35. The Kier molecular flexibility index (Phi) is 4.02. The molecule has 3 heteroatoms. The zero-order chi connectivity index (χ0) is 13.1. The molecular weight excluding hydrogens is 295 g/mol. The molecule has 94 valence electrons. The molecule has 0 bridgehead atoms. The summed E-state index contributed by atoms with van der Waals surface area (Å²) in [6, 6.07) is 10.4. The highest BCUT2D eigenvalue weighted by molar-refractivity contribution is 9.10. The van der Waals surface area contributed by atoms with Crippen LogP contribution < -0.4 is 4.74 Å². The average molecular weight is 309 g/mol. The van der Waals surface area contributed by atoms with Gasteiger partial charge in [0.2, 0.25) is 0 Å². The average Bonchev–Trinajstić information content (AvgIpc) is 2.30. The van der Waals surface area contributed by atoms with Crippen molar-refractivity contribution in [1.29, 1.82) is 0 Å². The summed E-state index contributed by atoms with van der Waals surface area (Å²) in [6.45, 7) is 4.49. The zero-order valence-electron chi connectivity index (χ0n) is 10.3. The summed E-state index contributed by atoms with van der Waals surface area (Å²) in [5.41, 5.74) is 3.22. The minimum atomic E-state index is -0.230. The van der Waals surface area contributed by atoms with Crippen LogP contribution in [0.3, 0.4) is 0 Å². The summed E-state index contributed by atoms with van der Waals surface area (Å²) in [4.78, 5) is 0. The fourth-order valence-electron chi connectivity index (χ4n) is 1.82. The largest absolute Gasteiger partial charge is 0.487 e. The molecule has 0 spiro atoms. The number of hydrogen-bond donors (Lipinski definition) is 0. The van der Waals surface area contributed by atoms with Crippen molar-refractivity contribution in [3.63, 3.8) is 0 Å². The summed E-state index contributed by atoms with van der Waals surface area (Å²) in [7, 11) is 0. The first kappa shape index (κ1) is 13.1. The van der Waals surface area contributed by atoms with E-state index in [1.54, 1.807) is 12.1 Å². The second kappa shape index (κ2) is 5.53. The summed E-state index contributed by atoms with van der Waals surface area (Å²) in [6.07, 6.45) is 0. The van der Waals surface area contributed by atoms with Crippen molar-refractivity contribution in [3.05, 3.63) is 63.4 Å². The van der Waals surface area contributed by atoms with E-state index in [1.807, 2.05) is 19.9 Å². The molecule has 2 aromatic carbocycles. The molecular formula is C15H14BrFO. The Bertz CT molecular complexity index is 526. The normalized spacial score (nSPS) is 10.4. The van der Waals surface area contributed by atoms with Gasteiger partial charge < -0.3 is 4.74 Å². The van der Waals surface area contributed by atoms with E-state index >= 15 is 0 Å². The fourth-order valence-corrected chi connectivity index (χ4v) is 2.61. The molecule has 0 fully saturated rings. The maximum absolute atomic E-state index is 12.8. The first-order valence-corrected chi connectivity index (χ1v) is 6.49. The molecule has 0 amide bonds. The van der Waals surface area contributed by atoms with E-state index in [0.717, 1.165) is 21.3 Å². The van der Waals surface area contributed by atoms with Gasteiger partial charge in [-0.2, -0.15) is 0 Å². The molecule has 18 heavy (non-hydrogen) atoms. The molecule has 0 aliphatic rings. The number of hydrogen-bond acceptors (Lipinski definition) is 1. The topological polar surface area (TPSA) is 9.23 Å². The first-order chi connectivity index (χ1) is 8.56. The molecule has 0 saturated heterocycles. The highest BCUT2D eigenvalue weighted by Gasteiger charge is 2.06. The fraction of sp³-hybridized carbons (Fsp3) is 0.200. The lowest BCUT2D eigenvalue weighted by Gasteiger charge is -2.12. The molecule has 2 aromatic rings. The quantitative estimate of drug-likeness (QED) is 0.792. The molecule has 0 heterocycles. The molecule has 0 atom stereocenters. The molecule has 0 N–H and O–H groups in total. The maximum atomic E-state index is 12.8. The standard InChI is InChI=1S/C15H14BrFO/c1-10-7-11(2)15(14(16)8-10)18-9-12-3-5-13(17)6-4-12/h3-8H,9H2,1-2H3. The Morgan fingerprint density at radius 2 is 1.78 bits per heavy atom. The van der Waals surface area contributed by atoms with Crippen molar-refractivity contribution in [2.75, 3.05) is 0 Å². The van der Waals surface area contributed by atoms with E-state index in [9.17, 15) is 4.39 Å². The van der Waals surface area contributed by atoms with Crippen molar-refractivity contribution in [2.45, 2.75) is 20.5 Å². The first-order valence-electron chi connectivity index (χ1n) is 5.70. The Morgan fingerprint density at radius 3 is 2.39 bits per heavy atom. The summed E-state index contributed by atoms with van der Waals surface area (Å²) in [5, 5.41) is 0. The van der Waals surface area contributed by atoms with Gasteiger partial charge in [0, 0.05) is 0 Å². The molecule has 1 nitrogen and oxygen atoms in total. The minimum absolute atomic E-state index is 0.230. The summed E-state index contributed by atoms with van der Waals surface area (Å²) < 4.78 is 19.5. The van der Waals surface area contributed by atoms with Crippen LogP contribution in [0.15, 0.2) is 40.9 Å². The molecule has 0 aromatic heterocycles. The lowest BCUT2D eigenvalue weighted by molar-refractivity contribution is 0.302. The highest BCUT2D eigenvalue weighted by atomic mass is 79.9. The van der Waals surface area contributed by atoms with Crippen LogP contribution in [0.1, 0.15) is 16.7 Å². The zero-order valence-corrected chi connectivity index (χ0v) is 11.9. The lowest BCUT2D eigenvalue weighted by atomic mass is 10.1. The monoisotopic (exact) mass is 308 g/mol. The van der Waals surface area contributed by atoms with Crippen molar-refractivity contribution in [1.82, 2.24) is 0 Å². The van der Waals surface area contributed by atoms with Gasteiger partial charge in [0.15, 0.2) is 0 Å². The predicted octanol–water partition coefficient (Wildman–Crippen LogP) is 4.78. The van der Waals surface area contributed by atoms with Gasteiger partial charge in [-0.25, -0.2) is 4.39 Å². The van der Waals surface area contributed by atoms with Crippen LogP contribution in [0.25, 0.3) is 0 Å². The van der Waals surface area contributed by atoms with Crippen LogP contribution in [0.4, 0.5) is 4.39 Å². The van der Waals surface area contributed by atoms with Gasteiger partial charge in [-0.15, -0.1) is 0 Å². The van der Waals surface area contributed by atoms with Gasteiger partial charge in [-0.3, -0.25) is 0 Å². The Labute approximate surface area is 115 Å². The van der Waals surface area contributed by atoms with E-state index in [4.69, 9.17) is 4.74 Å². The van der Waals surface area contributed by atoms with Gasteiger partial charge in [0.25, 0.3) is 0 Å². The second-order valence-electron chi connectivity index (χ2n) is 4.31. The van der Waals surface area contributed by atoms with Crippen LogP contribution in [-0.2, 0) is 6.61 Å². The van der Waals surface area contributed by atoms with Crippen LogP contribution in [0.5, 0.6) is 5.75 Å². The minimum Gasteiger partial charge on any atom is -0.487 e. The van der Waals surface area contributed by atoms with E-state index in [0.29, 0.717) is 6.61 Å². The Balaban J connectivity index is 2.13. The van der Waals surface area contributed by atoms with Crippen LogP contribution >= 0.6 is 15.9 Å². The van der Waals surface area contributed by atoms with Crippen molar-refractivity contribution >= 4 is 15.9 Å². The SMILES string of the molecule is Cc1cc(C)c(OCc2ccc(F)cc2)c(Br)c1.